The first-order valence-corrected chi connectivity index (χ1v) is 8.40. The van der Waals surface area contributed by atoms with Crippen LogP contribution in [0.25, 0.3) is 11.0 Å². The standard InChI is InChI=1S/C17H25N5.2ClH/c1-13-2-3-15-16(10-13)20-17(19-15)12-21-6-8-22(9-7-21)14-4-5-18-11-14;;/h2-3,10,14,18H,4-9,11-12H2,1H3,(H,19,20);2*1H. The van der Waals surface area contributed by atoms with Crippen LogP contribution >= 0.6 is 24.8 Å². The third-order valence-corrected chi connectivity index (χ3v) is 5.02. The van der Waals surface area contributed by atoms with Crippen molar-refractivity contribution in [3.05, 3.63) is 29.6 Å². The van der Waals surface area contributed by atoms with Crippen molar-refractivity contribution in [2.45, 2.75) is 25.9 Å². The number of hydrogen-bond donors (Lipinski definition) is 2. The Morgan fingerprint density at radius 2 is 1.96 bits per heavy atom. The van der Waals surface area contributed by atoms with Gasteiger partial charge in [-0.1, -0.05) is 6.07 Å². The fraction of sp³-hybridized carbons (Fsp3) is 0.588. The van der Waals surface area contributed by atoms with Gasteiger partial charge in [0.1, 0.15) is 5.82 Å². The molecular weight excluding hydrogens is 345 g/mol. The predicted molar refractivity (Wildman–Crippen MR) is 103 cm³/mol. The number of aromatic nitrogens is 2. The van der Waals surface area contributed by atoms with Crippen LogP contribution in [0.15, 0.2) is 18.2 Å². The number of aryl methyl sites for hydroxylation is 1. The lowest BCUT2D eigenvalue weighted by atomic mass is 10.2. The number of benzene rings is 1. The molecule has 2 aliphatic rings. The summed E-state index contributed by atoms with van der Waals surface area (Å²) in [6, 6.07) is 7.17. The summed E-state index contributed by atoms with van der Waals surface area (Å²) >= 11 is 0. The lowest BCUT2D eigenvalue weighted by Gasteiger charge is -2.37. The van der Waals surface area contributed by atoms with Crippen LogP contribution in [0.1, 0.15) is 17.8 Å². The molecule has 2 fully saturated rings. The highest BCUT2D eigenvalue weighted by atomic mass is 35.5. The monoisotopic (exact) mass is 371 g/mol. The van der Waals surface area contributed by atoms with E-state index in [-0.39, 0.29) is 24.8 Å². The van der Waals surface area contributed by atoms with E-state index >= 15 is 0 Å². The summed E-state index contributed by atoms with van der Waals surface area (Å²) < 4.78 is 0. The Morgan fingerprint density at radius 1 is 1.17 bits per heavy atom. The second-order valence-corrected chi connectivity index (χ2v) is 6.66. The van der Waals surface area contributed by atoms with Gasteiger partial charge in [0.15, 0.2) is 0 Å². The maximum atomic E-state index is 4.72. The molecule has 0 amide bonds. The zero-order valence-corrected chi connectivity index (χ0v) is 15.8. The fourth-order valence-corrected chi connectivity index (χ4v) is 3.70. The molecule has 1 aromatic carbocycles. The normalized spacial score (nSPS) is 22.3. The van der Waals surface area contributed by atoms with E-state index in [1.165, 1.54) is 38.2 Å². The molecule has 24 heavy (non-hydrogen) atoms. The van der Waals surface area contributed by atoms with E-state index in [0.29, 0.717) is 0 Å². The number of fused-ring (bicyclic) bond motifs is 1. The molecule has 0 saturated carbocycles. The third kappa shape index (κ3) is 4.21. The number of aromatic amines is 1. The average molecular weight is 372 g/mol. The van der Waals surface area contributed by atoms with E-state index in [0.717, 1.165) is 42.5 Å². The largest absolute Gasteiger partial charge is 0.341 e. The molecule has 4 rings (SSSR count). The zero-order chi connectivity index (χ0) is 14.9. The summed E-state index contributed by atoms with van der Waals surface area (Å²) in [6.45, 7) is 10.1. The average Bonchev–Trinajstić information content (AvgIpc) is 3.16. The summed E-state index contributed by atoms with van der Waals surface area (Å²) in [5.74, 6) is 1.09. The number of rotatable bonds is 3. The van der Waals surface area contributed by atoms with Gasteiger partial charge in [0.25, 0.3) is 0 Å². The molecule has 2 aromatic rings. The van der Waals surface area contributed by atoms with E-state index in [1.54, 1.807) is 0 Å². The highest BCUT2D eigenvalue weighted by Crippen LogP contribution is 2.16. The first-order valence-electron chi connectivity index (χ1n) is 8.40. The van der Waals surface area contributed by atoms with Crippen molar-refractivity contribution in [2.24, 2.45) is 0 Å². The maximum absolute atomic E-state index is 4.72. The van der Waals surface area contributed by atoms with Gasteiger partial charge in [-0.15, -0.1) is 24.8 Å². The van der Waals surface area contributed by atoms with Crippen molar-refractivity contribution in [3.8, 4) is 0 Å². The quantitative estimate of drug-likeness (QED) is 0.867. The van der Waals surface area contributed by atoms with E-state index in [9.17, 15) is 0 Å². The van der Waals surface area contributed by atoms with Crippen LogP contribution in [0, 0.1) is 6.92 Å². The minimum atomic E-state index is 0. The smallest absolute Gasteiger partial charge is 0.121 e. The second kappa shape index (κ2) is 8.50. The lowest BCUT2D eigenvalue weighted by molar-refractivity contribution is 0.0967. The van der Waals surface area contributed by atoms with Crippen molar-refractivity contribution in [1.82, 2.24) is 25.1 Å². The van der Waals surface area contributed by atoms with Gasteiger partial charge in [-0.3, -0.25) is 9.80 Å². The van der Waals surface area contributed by atoms with Crippen LogP contribution in [-0.4, -0.2) is 65.1 Å². The van der Waals surface area contributed by atoms with Crippen molar-refractivity contribution in [3.63, 3.8) is 0 Å². The van der Waals surface area contributed by atoms with Crippen LogP contribution in [-0.2, 0) is 6.54 Å². The fourth-order valence-electron chi connectivity index (χ4n) is 3.70. The summed E-state index contributed by atoms with van der Waals surface area (Å²) in [4.78, 5) is 13.4. The lowest BCUT2D eigenvalue weighted by Crippen LogP contribution is -2.50. The number of imidazole rings is 1. The number of hydrogen-bond acceptors (Lipinski definition) is 4. The molecular formula is C17H27Cl2N5. The van der Waals surface area contributed by atoms with E-state index in [4.69, 9.17) is 4.98 Å². The van der Waals surface area contributed by atoms with Crippen molar-refractivity contribution in [2.75, 3.05) is 39.3 Å². The van der Waals surface area contributed by atoms with Gasteiger partial charge in [0.2, 0.25) is 0 Å². The summed E-state index contributed by atoms with van der Waals surface area (Å²) in [5.41, 5.74) is 3.52. The Hall–Kier alpha value is -0.850. The number of piperazine rings is 1. The minimum absolute atomic E-state index is 0. The van der Waals surface area contributed by atoms with Crippen LogP contribution < -0.4 is 5.32 Å². The molecule has 1 atom stereocenters. The zero-order valence-electron chi connectivity index (χ0n) is 14.1. The first-order chi connectivity index (χ1) is 10.8. The molecule has 1 unspecified atom stereocenters. The SMILES string of the molecule is Cc1ccc2nc(CN3CCN(C4CCNC4)CC3)[nH]c2c1.Cl.Cl. The number of nitrogens with one attached hydrogen (secondary N) is 2. The summed E-state index contributed by atoms with van der Waals surface area (Å²) in [5, 5.41) is 3.47. The Bertz CT molecular complexity index is 645. The molecule has 3 heterocycles. The minimum Gasteiger partial charge on any atom is -0.341 e. The van der Waals surface area contributed by atoms with Gasteiger partial charge < -0.3 is 10.3 Å². The van der Waals surface area contributed by atoms with Crippen LogP contribution in [0.4, 0.5) is 0 Å². The van der Waals surface area contributed by atoms with Gasteiger partial charge >= 0.3 is 0 Å². The van der Waals surface area contributed by atoms with Gasteiger partial charge in [-0.2, -0.15) is 0 Å². The molecule has 0 radical (unpaired) electrons. The molecule has 0 aliphatic carbocycles. The Balaban J connectivity index is 0.00000104. The van der Waals surface area contributed by atoms with Crippen LogP contribution in [0.5, 0.6) is 0 Å². The highest BCUT2D eigenvalue weighted by Gasteiger charge is 2.26. The molecule has 2 N–H and O–H groups in total. The second-order valence-electron chi connectivity index (χ2n) is 6.66. The highest BCUT2D eigenvalue weighted by molar-refractivity contribution is 5.85. The van der Waals surface area contributed by atoms with Crippen molar-refractivity contribution in [1.29, 1.82) is 0 Å². The van der Waals surface area contributed by atoms with Gasteiger partial charge in [0.05, 0.1) is 17.6 Å². The van der Waals surface area contributed by atoms with E-state index in [1.807, 2.05) is 0 Å². The topological polar surface area (TPSA) is 47.2 Å². The summed E-state index contributed by atoms with van der Waals surface area (Å²) in [6.07, 6.45) is 1.31. The molecule has 5 nitrogen and oxygen atoms in total. The molecule has 0 bridgehead atoms. The van der Waals surface area contributed by atoms with E-state index in [2.05, 4.69) is 45.2 Å². The van der Waals surface area contributed by atoms with Crippen LogP contribution in [0.3, 0.4) is 0 Å². The molecule has 2 saturated heterocycles. The van der Waals surface area contributed by atoms with Gasteiger partial charge in [-0.25, -0.2) is 4.98 Å². The van der Waals surface area contributed by atoms with Gasteiger partial charge in [-0.05, 0) is 37.6 Å². The molecule has 1 aromatic heterocycles. The van der Waals surface area contributed by atoms with Crippen molar-refractivity contribution < 1.29 is 0 Å². The van der Waals surface area contributed by atoms with Crippen molar-refractivity contribution >= 4 is 35.8 Å². The molecule has 7 heteroatoms. The molecule has 134 valence electrons. The number of halogens is 2. The summed E-state index contributed by atoms with van der Waals surface area (Å²) in [7, 11) is 0. The predicted octanol–water partition coefficient (Wildman–Crippen LogP) is 2.19. The van der Waals surface area contributed by atoms with Gasteiger partial charge in [0, 0.05) is 38.8 Å². The molecule has 0 spiro atoms. The Kier molecular flexibility index (Phi) is 6.89. The third-order valence-electron chi connectivity index (χ3n) is 5.02. The Labute approximate surface area is 156 Å². The molecule has 2 aliphatic heterocycles. The maximum Gasteiger partial charge on any atom is 0.121 e. The number of nitrogens with zero attached hydrogens (tertiary/aromatic N) is 3. The number of H-pyrrole nitrogens is 1. The first kappa shape index (κ1) is 19.5. The Morgan fingerprint density at radius 3 is 2.67 bits per heavy atom. The van der Waals surface area contributed by atoms with E-state index < -0.39 is 0 Å². The van der Waals surface area contributed by atoms with Crippen LogP contribution in [0.2, 0.25) is 0 Å².